The highest BCUT2D eigenvalue weighted by Crippen LogP contribution is 2.14. The Hall–Kier alpha value is -1.62. The Labute approximate surface area is 107 Å². The number of fused-ring (bicyclic) bond motifs is 1. The van der Waals surface area contributed by atoms with Gasteiger partial charge in [-0.2, -0.15) is 5.10 Å². The third-order valence-electron chi connectivity index (χ3n) is 3.34. The molecule has 0 aliphatic heterocycles. The molecule has 0 aliphatic rings. The Morgan fingerprint density at radius 1 is 1.33 bits per heavy atom. The smallest absolute Gasteiger partial charge is 0.157 e. The van der Waals surface area contributed by atoms with Crippen molar-refractivity contribution in [2.45, 2.75) is 32.8 Å². The van der Waals surface area contributed by atoms with Gasteiger partial charge in [0.05, 0.1) is 12.3 Å². The fourth-order valence-electron chi connectivity index (χ4n) is 2.12. The summed E-state index contributed by atoms with van der Waals surface area (Å²) in [7, 11) is 0. The van der Waals surface area contributed by atoms with Crippen molar-refractivity contribution in [1.82, 2.24) is 14.6 Å². The molecule has 0 aromatic carbocycles. The summed E-state index contributed by atoms with van der Waals surface area (Å²) in [6, 6.07) is 3.71. The number of nitrogens with one attached hydrogen (secondary N) is 1. The van der Waals surface area contributed by atoms with Crippen LogP contribution in [0.3, 0.4) is 0 Å². The van der Waals surface area contributed by atoms with Crippen LogP contribution in [0, 0.1) is 5.92 Å². The summed E-state index contributed by atoms with van der Waals surface area (Å²) in [5.41, 5.74) is 0.803. The Kier molecular flexibility index (Phi) is 4.15. The second-order valence-electron chi connectivity index (χ2n) is 4.47. The standard InChI is InChI=1S/C13H20N4O/c1-3-10(4-2)11(18)9-14-12-6-8-17-13(16-12)5-7-15-17/h5-8,10-11,18H,3-4,9H2,1-2H3,(H,14,16). The molecule has 1 atom stereocenters. The van der Waals surface area contributed by atoms with Gasteiger partial charge in [-0.1, -0.05) is 26.7 Å². The van der Waals surface area contributed by atoms with Gasteiger partial charge in [-0.25, -0.2) is 9.50 Å². The molecule has 0 spiro atoms. The van der Waals surface area contributed by atoms with Crippen molar-refractivity contribution in [2.75, 3.05) is 11.9 Å². The quantitative estimate of drug-likeness (QED) is 0.820. The van der Waals surface area contributed by atoms with Crippen LogP contribution in [0.15, 0.2) is 24.5 Å². The molecule has 0 fully saturated rings. The first-order valence-electron chi connectivity index (χ1n) is 6.47. The van der Waals surface area contributed by atoms with E-state index in [1.54, 1.807) is 10.7 Å². The third-order valence-corrected chi connectivity index (χ3v) is 3.34. The average molecular weight is 248 g/mol. The molecular weight excluding hydrogens is 228 g/mol. The third kappa shape index (κ3) is 2.79. The van der Waals surface area contributed by atoms with Crippen LogP contribution in [-0.4, -0.2) is 32.4 Å². The van der Waals surface area contributed by atoms with Gasteiger partial charge in [0.25, 0.3) is 0 Å². The lowest BCUT2D eigenvalue weighted by molar-refractivity contribution is 0.114. The number of rotatable bonds is 6. The molecule has 18 heavy (non-hydrogen) atoms. The Morgan fingerprint density at radius 3 is 2.83 bits per heavy atom. The number of aromatic nitrogens is 3. The van der Waals surface area contributed by atoms with Crippen LogP contribution in [0.25, 0.3) is 5.65 Å². The highest BCUT2D eigenvalue weighted by molar-refractivity contribution is 5.45. The Bertz CT molecular complexity index is 492. The number of aliphatic hydroxyl groups is 1. The summed E-state index contributed by atoms with van der Waals surface area (Å²) in [6.07, 6.45) is 5.23. The highest BCUT2D eigenvalue weighted by atomic mass is 16.3. The summed E-state index contributed by atoms with van der Waals surface area (Å²) >= 11 is 0. The van der Waals surface area contributed by atoms with E-state index < -0.39 is 0 Å². The lowest BCUT2D eigenvalue weighted by atomic mass is 9.97. The molecule has 0 saturated heterocycles. The maximum absolute atomic E-state index is 10.0. The van der Waals surface area contributed by atoms with Crippen LogP contribution in [0.4, 0.5) is 5.82 Å². The average Bonchev–Trinajstić information content (AvgIpc) is 2.85. The molecule has 2 aromatic heterocycles. The summed E-state index contributed by atoms with van der Waals surface area (Å²) in [5.74, 6) is 1.12. The predicted molar refractivity (Wildman–Crippen MR) is 71.6 cm³/mol. The van der Waals surface area contributed by atoms with Crippen LogP contribution in [0.2, 0.25) is 0 Å². The van der Waals surface area contributed by atoms with E-state index in [0.29, 0.717) is 12.5 Å². The minimum atomic E-state index is -0.331. The maximum Gasteiger partial charge on any atom is 0.157 e. The Morgan fingerprint density at radius 2 is 2.11 bits per heavy atom. The fraction of sp³-hybridized carbons (Fsp3) is 0.538. The van der Waals surface area contributed by atoms with Gasteiger partial charge in [-0.15, -0.1) is 0 Å². The fourth-order valence-corrected chi connectivity index (χ4v) is 2.12. The molecular formula is C13H20N4O. The summed E-state index contributed by atoms with van der Waals surface area (Å²) in [4.78, 5) is 4.40. The van der Waals surface area contributed by atoms with Gasteiger partial charge in [0, 0.05) is 18.8 Å². The van der Waals surface area contributed by atoms with Crippen LogP contribution >= 0.6 is 0 Å². The molecule has 0 amide bonds. The van der Waals surface area contributed by atoms with Crippen molar-refractivity contribution in [3.05, 3.63) is 24.5 Å². The summed E-state index contributed by atoms with van der Waals surface area (Å²) in [6.45, 7) is 4.74. The van der Waals surface area contributed by atoms with E-state index in [4.69, 9.17) is 0 Å². The monoisotopic (exact) mass is 248 g/mol. The zero-order valence-electron chi connectivity index (χ0n) is 10.9. The minimum absolute atomic E-state index is 0.331. The van der Waals surface area contributed by atoms with Crippen molar-refractivity contribution >= 4 is 11.5 Å². The second kappa shape index (κ2) is 5.82. The van der Waals surface area contributed by atoms with Crippen molar-refractivity contribution in [3.8, 4) is 0 Å². The lowest BCUT2D eigenvalue weighted by Crippen LogP contribution is -2.28. The van der Waals surface area contributed by atoms with Crippen molar-refractivity contribution in [1.29, 1.82) is 0 Å². The van der Waals surface area contributed by atoms with Crippen LogP contribution in [0.5, 0.6) is 0 Å². The van der Waals surface area contributed by atoms with Gasteiger partial charge in [0.15, 0.2) is 5.65 Å². The second-order valence-corrected chi connectivity index (χ2v) is 4.47. The molecule has 98 valence electrons. The van der Waals surface area contributed by atoms with E-state index in [1.807, 2.05) is 18.3 Å². The van der Waals surface area contributed by atoms with E-state index in [2.05, 4.69) is 29.2 Å². The topological polar surface area (TPSA) is 62.5 Å². The molecule has 2 aromatic rings. The van der Waals surface area contributed by atoms with E-state index >= 15 is 0 Å². The lowest BCUT2D eigenvalue weighted by Gasteiger charge is -2.20. The van der Waals surface area contributed by atoms with Gasteiger partial charge < -0.3 is 10.4 Å². The highest BCUT2D eigenvalue weighted by Gasteiger charge is 2.15. The van der Waals surface area contributed by atoms with E-state index in [0.717, 1.165) is 24.3 Å². The SMILES string of the molecule is CCC(CC)C(O)CNc1ccn2nccc2n1. The van der Waals surface area contributed by atoms with Crippen LogP contribution < -0.4 is 5.32 Å². The van der Waals surface area contributed by atoms with Crippen molar-refractivity contribution < 1.29 is 5.11 Å². The summed E-state index contributed by atoms with van der Waals surface area (Å²) < 4.78 is 1.71. The molecule has 5 heteroatoms. The molecule has 0 radical (unpaired) electrons. The van der Waals surface area contributed by atoms with Gasteiger partial charge in [0.2, 0.25) is 0 Å². The zero-order valence-corrected chi connectivity index (χ0v) is 10.9. The normalized spacial score (nSPS) is 13.1. The predicted octanol–water partition coefficient (Wildman–Crippen LogP) is 1.94. The van der Waals surface area contributed by atoms with Gasteiger partial charge in [-0.05, 0) is 12.0 Å². The van der Waals surface area contributed by atoms with Crippen LogP contribution in [0.1, 0.15) is 26.7 Å². The first-order valence-corrected chi connectivity index (χ1v) is 6.47. The molecule has 0 saturated carbocycles. The minimum Gasteiger partial charge on any atom is -0.391 e. The van der Waals surface area contributed by atoms with Crippen molar-refractivity contribution in [2.24, 2.45) is 5.92 Å². The van der Waals surface area contributed by atoms with Crippen LogP contribution in [-0.2, 0) is 0 Å². The van der Waals surface area contributed by atoms with Gasteiger partial charge in [-0.3, -0.25) is 0 Å². The molecule has 0 aliphatic carbocycles. The molecule has 1 unspecified atom stereocenters. The molecule has 2 N–H and O–H groups in total. The van der Waals surface area contributed by atoms with E-state index in [1.165, 1.54) is 0 Å². The summed E-state index contributed by atoms with van der Waals surface area (Å²) in [5, 5.41) is 17.3. The largest absolute Gasteiger partial charge is 0.391 e. The zero-order chi connectivity index (χ0) is 13.0. The van der Waals surface area contributed by atoms with E-state index in [9.17, 15) is 5.11 Å². The number of anilines is 1. The Balaban J connectivity index is 1.96. The van der Waals surface area contributed by atoms with Gasteiger partial charge >= 0.3 is 0 Å². The van der Waals surface area contributed by atoms with Crippen molar-refractivity contribution in [3.63, 3.8) is 0 Å². The number of hydrogen-bond acceptors (Lipinski definition) is 4. The number of nitrogens with zero attached hydrogens (tertiary/aromatic N) is 3. The van der Waals surface area contributed by atoms with Gasteiger partial charge in [0.1, 0.15) is 5.82 Å². The first kappa shape index (κ1) is 12.8. The molecule has 2 heterocycles. The number of hydrogen-bond donors (Lipinski definition) is 2. The van der Waals surface area contributed by atoms with E-state index in [-0.39, 0.29) is 6.10 Å². The number of aliphatic hydroxyl groups excluding tert-OH is 1. The molecule has 5 nitrogen and oxygen atoms in total. The molecule has 2 rings (SSSR count). The first-order chi connectivity index (χ1) is 8.74. The molecule has 0 bridgehead atoms. The maximum atomic E-state index is 10.0.